The number of nitrogens with zero attached hydrogens (tertiary/aromatic N) is 1. The van der Waals surface area contributed by atoms with Crippen molar-refractivity contribution in [2.75, 3.05) is 19.8 Å². The number of nitro benzene ring substituents is 1. The fourth-order valence-electron chi connectivity index (χ4n) is 1.90. The van der Waals surface area contributed by atoms with Crippen LogP contribution in [0.15, 0.2) is 17.0 Å². The number of ether oxygens (including phenoxy) is 2. The Bertz CT molecular complexity index is 659. The number of rotatable bonds is 5. The average molecular weight is 340 g/mol. The summed E-state index contributed by atoms with van der Waals surface area (Å²) in [7, 11) is 0.800. The fraction of sp³-hybridized carbons (Fsp3) is 0.455. The first-order chi connectivity index (χ1) is 9.79. The van der Waals surface area contributed by atoms with E-state index in [0.717, 1.165) is 0 Å². The van der Waals surface area contributed by atoms with E-state index in [-0.39, 0.29) is 12.5 Å². The number of nitro groups is 1. The lowest BCUT2D eigenvalue weighted by Gasteiger charge is -2.13. The molecule has 7 nitrogen and oxygen atoms in total. The van der Waals surface area contributed by atoms with Gasteiger partial charge in [0.2, 0.25) is 0 Å². The van der Waals surface area contributed by atoms with E-state index in [1.807, 2.05) is 0 Å². The third-order valence-corrected chi connectivity index (χ3v) is 4.28. The quantitative estimate of drug-likeness (QED) is 0.463. The highest BCUT2D eigenvalue weighted by atomic mass is 35.7. The van der Waals surface area contributed by atoms with Crippen LogP contribution < -0.4 is 4.74 Å². The van der Waals surface area contributed by atoms with Crippen LogP contribution in [0.4, 0.5) is 10.1 Å². The van der Waals surface area contributed by atoms with Gasteiger partial charge < -0.3 is 9.47 Å². The predicted octanol–water partition coefficient (Wildman–Crippen LogP) is 2.08. The molecule has 1 saturated heterocycles. The summed E-state index contributed by atoms with van der Waals surface area (Å²) in [5.74, 6) is -1.75. The molecule has 116 valence electrons. The second-order valence-corrected chi connectivity index (χ2v) is 7.02. The molecule has 1 fully saturated rings. The van der Waals surface area contributed by atoms with E-state index >= 15 is 0 Å². The Hall–Kier alpha value is -1.45. The lowest BCUT2D eigenvalue weighted by Crippen LogP contribution is -2.14. The Balaban J connectivity index is 2.35. The van der Waals surface area contributed by atoms with Gasteiger partial charge in [-0.05, 0) is 6.42 Å². The Labute approximate surface area is 124 Å². The maximum absolute atomic E-state index is 13.9. The minimum atomic E-state index is -4.39. The zero-order valence-electron chi connectivity index (χ0n) is 10.6. The molecule has 0 bridgehead atoms. The first kappa shape index (κ1) is 15.9. The molecule has 1 aliphatic rings. The Morgan fingerprint density at radius 3 is 2.76 bits per heavy atom. The Kier molecular flexibility index (Phi) is 4.64. The molecule has 0 aromatic heterocycles. The summed E-state index contributed by atoms with van der Waals surface area (Å²) < 4.78 is 47.1. The standard InChI is InChI=1S/C11H11ClFNO6S/c12-21(17,18)10-4-8(14(15)16)3-9(13)11(10)20-6-7-1-2-19-5-7/h3-4,7H,1-2,5-6H2. The van der Waals surface area contributed by atoms with Gasteiger partial charge in [-0.25, -0.2) is 12.8 Å². The van der Waals surface area contributed by atoms with Crippen molar-refractivity contribution in [3.8, 4) is 5.75 Å². The molecule has 0 amide bonds. The number of hydrogen-bond acceptors (Lipinski definition) is 6. The summed E-state index contributed by atoms with van der Waals surface area (Å²) in [5.41, 5.74) is -0.719. The van der Waals surface area contributed by atoms with E-state index in [0.29, 0.717) is 31.8 Å². The number of hydrogen-bond donors (Lipinski definition) is 0. The van der Waals surface area contributed by atoms with E-state index in [2.05, 4.69) is 0 Å². The van der Waals surface area contributed by atoms with Crippen LogP contribution >= 0.6 is 10.7 Å². The van der Waals surface area contributed by atoms with Gasteiger partial charge in [0.1, 0.15) is 4.90 Å². The number of benzene rings is 1. The summed E-state index contributed by atoms with van der Waals surface area (Å²) in [6.07, 6.45) is 0.706. The molecule has 0 spiro atoms. The van der Waals surface area contributed by atoms with Crippen molar-refractivity contribution >= 4 is 25.4 Å². The van der Waals surface area contributed by atoms with E-state index in [4.69, 9.17) is 20.2 Å². The third kappa shape index (κ3) is 3.80. The fourth-order valence-corrected chi connectivity index (χ4v) is 2.88. The molecule has 21 heavy (non-hydrogen) atoms. The van der Waals surface area contributed by atoms with Crippen molar-refractivity contribution in [2.45, 2.75) is 11.3 Å². The van der Waals surface area contributed by atoms with Gasteiger partial charge >= 0.3 is 0 Å². The summed E-state index contributed by atoms with van der Waals surface area (Å²) in [6.45, 7) is 1.02. The van der Waals surface area contributed by atoms with E-state index in [1.165, 1.54) is 0 Å². The largest absolute Gasteiger partial charge is 0.489 e. The second kappa shape index (κ2) is 6.12. The smallest absolute Gasteiger partial charge is 0.273 e. The monoisotopic (exact) mass is 339 g/mol. The predicted molar refractivity (Wildman–Crippen MR) is 70.5 cm³/mol. The minimum Gasteiger partial charge on any atom is -0.489 e. The summed E-state index contributed by atoms with van der Waals surface area (Å²) >= 11 is 0. The molecule has 2 rings (SSSR count). The molecule has 1 aromatic carbocycles. The first-order valence-corrected chi connectivity index (χ1v) is 8.23. The molecule has 0 N–H and O–H groups in total. The highest BCUT2D eigenvalue weighted by molar-refractivity contribution is 8.13. The van der Waals surface area contributed by atoms with Gasteiger partial charge in [-0.15, -0.1) is 0 Å². The summed E-state index contributed by atoms with van der Waals surface area (Å²) in [5, 5.41) is 10.7. The van der Waals surface area contributed by atoms with Crippen molar-refractivity contribution in [3.05, 3.63) is 28.1 Å². The van der Waals surface area contributed by atoms with Gasteiger partial charge in [0.25, 0.3) is 14.7 Å². The summed E-state index contributed by atoms with van der Waals surface area (Å²) in [4.78, 5) is 8.99. The molecule has 0 saturated carbocycles. The summed E-state index contributed by atoms with van der Waals surface area (Å²) in [6, 6.07) is 1.26. The van der Waals surface area contributed by atoms with E-state index < -0.39 is 36.1 Å². The van der Waals surface area contributed by atoms with Crippen molar-refractivity contribution in [2.24, 2.45) is 5.92 Å². The number of halogens is 2. The molecule has 1 aliphatic heterocycles. The molecule has 10 heteroatoms. The molecule has 1 heterocycles. The Morgan fingerprint density at radius 2 is 2.24 bits per heavy atom. The van der Waals surface area contributed by atoms with Crippen molar-refractivity contribution < 1.29 is 27.2 Å². The van der Waals surface area contributed by atoms with Gasteiger partial charge in [0, 0.05) is 29.3 Å². The van der Waals surface area contributed by atoms with Gasteiger partial charge in [0.05, 0.1) is 24.2 Å². The minimum absolute atomic E-state index is 0.00507. The van der Waals surface area contributed by atoms with Gasteiger partial charge in [-0.1, -0.05) is 0 Å². The van der Waals surface area contributed by atoms with E-state index in [9.17, 15) is 22.9 Å². The van der Waals surface area contributed by atoms with Gasteiger partial charge in [-0.2, -0.15) is 0 Å². The van der Waals surface area contributed by atoms with E-state index in [1.54, 1.807) is 0 Å². The third-order valence-electron chi connectivity index (χ3n) is 2.96. The van der Waals surface area contributed by atoms with Gasteiger partial charge in [-0.3, -0.25) is 10.1 Å². The second-order valence-electron chi connectivity index (χ2n) is 4.49. The molecule has 1 atom stereocenters. The van der Waals surface area contributed by atoms with Crippen LogP contribution in [0.2, 0.25) is 0 Å². The maximum Gasteiger partial charge on any atom is 0.273 e. The van der Waals surface area contributed by atoms with Crippen LogP contribution in [0.5, 0.6) is 5.75 Å². The van der Waals surface area contributed by atoms with Crippen molar-refractivity contribution in [3.63, 3.8) is 0 Å². The van der Waals surface area contributed by atoms with Crippen LogP contribution in [0.25, 0.3) is 0 Å². The lowest BCUT2D eigenvalue weighted by atomic mass is 10.1. The van der Waals surface area contributed by atoms with Gasteiger partial charge in [0.15, 0.2) is 11.6 Å². The van der Waals surface area contributed by atoms with Crippen LogP contribution in [0.1, 0.15) is 6.42 Å². The maximum atomic E-state index is 13.9. The Morgan fingerprint density at radius 1 is 1.52 bits per heavy atom. The van der Waals surface area contributed by atoms with Crippen LogP contribution in [-0.2, 0) is 13.8 Å². The highest BCUT2D eigenvalue weighted by Gasteiger charge is 2.27. The van der Waals surface area contributed by atoms with Crippen molar-refractivity contribution in [1.82, 2.24) is 0 Å². The van der Waals surface area contributed by atoms with Crippen LogP contribution in [0.3, 0.4) is 0 Å². The molecule has 0 radical (unpaired) electrons. The zero-order chi connectivity index (χ0) is 15.6. The first-order valence-electron chi connectivity index (χ1n) is 5.92. The molecule has 0 aliphatic carbocycles. The average Bonchev–Trinajstić information content (AvgIpc) is 2.88. The zero-order valence-corrected chi connectivity index (χ0v) is 12.2. The lowest BCUT2D eigenvalue weighted by molar-refractivity contribution is -0.385. The normalized spacial score (nSPS) is 18.7. The highest BCUT2D eigenvalue weighted by Crippen LogP contribution is 2.34. The SMILES string of the molecule is O=[N+]([O-])c1cc(F)c(OCC2CCOC2)c(S(=O)(=O)Cl)c1. The molecular formula is C11H11ClFNO6S. The number of non-ortho nitro benzene ring substituents is 1. The molecular weight excluding hydrogens is 329 g/mol. The molecule has 1 unspecified atom stereocenters. The topological polar surface area (TPSA) is 95.7 Å². The van der Waals surface area contributed by atoms with Crippen LogP contribution in [0, 0.1) is 21.8 Å². The van der Waals surface area contributed by atoms with Crippen molar-refractivity contribution in [1.29, 1.82) is 0 Å². The molecule has 1 aromatic rings. The van der Waals surface area contributed by atoms with Crippen LogP contribution in [-0.4, -0.2) is 33.2 Å².